The van der Waals surface area contributed by atoms with Crippen LogP contribution in [-0.4, -0.2) is 60.3 Å². The predicted octanol–water partition coefficient (Wildman–Crippen LogP) is 2.66. The van der Waals surface area contributed by atoms with Gasteiger partial charge in [0.2, 0.25) is 11.8 Å². The second-order valence-corrected chi connectivity index (χ2v) is 8.35. The van der Waals surface area contributed by atoms with Crippen molar-refractivity contribution >= 4 is 17.8 Å². The molecule has 7 heteroatoms. The number of likely N-dealkylation sites (tertiary alicyclic amines) is 1. The molecule has 0 unspecified atom stereocenters. The van der Waals surface area contributed by atoms with Gasteiger partial charge in [0.15, 0.2) is 5.96 Å². The Balaban J connectivity index is 1.33. The number of amides is 2. The summed E-state index contributed by atoms with van der Waals surface area (Å²) >= 11 is 0. The van der Waals surface area contributed by atoms with Gasteiger partial charge in [-0.2, -0.15) is 0 Å². The Labute approximate surface area is 186 Å². The van der Waals surface area contributed by atoms with Gasteiger partial charge in [0.05, 0.1) is 0 Å². The van der Waals surface area contributed by atoms with Crippen molar-refractivity contribution in [3.8, 4) is 0 Å². The summed E-state index contributed by atoms with van der Waals surface area (Å²) in [5.41, 5.74) is 2.52. The lowest BCUT2D eigenvalue weighted by Gasteiger charge is -2.20. The fourth-order valence-corrected chi connectivity index (χ4v) is 4.18. The van der Waals surface area contributed by atoms with Gasteiger partial charge in [-0.15, -0.1) is 0 Å². The summed E-state index contributed by atoms with van der Waals surface area (Å²) in [4.78, 5) is 33.1. The van der Waals surface area contributed by atoms with E-state index in [9.17, 15) is 9.59 Å². The van der Waals surface area contributed by atoms with Crippen LogP contribution in [0.25, 0.3) is 0 Å². The zero-order chi connectivity index (χ0) is 21.9. The van der Waals surface area contributed by atoms with Crippen molar-refractivity contribution in [3.05, 3.63) is 35.4 Å². The highest BCUT2D eigenvalue weighted by molar-refractivity contribution is 5.80. The molecule has 2 aliphatic heterocycles. The first-order valence-corrected chi connectivity index (χ1v) is 11.8. The Hall–Kier alpha value is -2.57. The summed E-state index contributed by atoms with van der Waals surface area (Å²) in [5, 5.41) is 6.59. The molecular formula is C24H37N5O2. The molecule has 0 bridgehead atoms. The third-order valence-corrected chi connectivity index (χ3v) is 5.93. The minimum atomic E-state index is 0.210. The van der Waals surface area contributed by atoms with Crippen molar-refractivity contribution in [2.75, 3.05) is 32.7 Å². The third kappa shape index (κ3) is 7.26. The summed E-state index contributed by atoms with van der Waals surface area (Å²) in [6.07, 6.45) is 6.17. The first-order valence-electron chi connectivity index (χ1n) is 11.8. The van der Waals surface area contributed by atoms with Gasteiger partial charge in [-0.1, -0.05) is 30.7 Å². The van der Waals surface area contributed by atoms with E-state index in [1.165, 1.54) is 11.1 Å². The molecule has 2 heterocycles. The van der Waals surface area contributed by atoms with Crippen LogP contribution in [0.1, 0.15) is 63.0 Å². The van der Waals surface area contributed by atoms with Crippen LogP contribution in [0.5, 0.6) is 0 Å². The zero-order valence-corrected chi connectivity index (χ0v) is 18.9. The number of carbonyl (C=O) groups is 2. The highest BCUT2D eigenvalue weighted by atomic mass is 16.2. The molecule has 3 rings (SSSR count). The van der Waals surface area contributed by atoms with Crippen molar-refractivity contribution in [2.24, 2.45) is 4.99 Å². The van der Waals surface area contributed by atoms with E-state index in [1.807, 2.05) is 28.9 Å². The van der Waals surface area contributed by atoms with Crippen molar-refractivity contribution in [1.29, 1.82) is 0 Å². The smallest absolute Gasteiger partial charge is 0.223 e. The molecule has 1 saturated heterocycles. The summed E-state index contributed by atoms with van der Waals surface area (Å²) in [5.74, 6) is 1.28. The Bertz CT molecular complexity index is 739. The van der Waals surface area contributed by atoms with Gasteiger partial charge in [-0.3, -0.25) is 14.6 Å². The average molecular weight is 428 g/mol. The maximum atomic E-state index is 12.5. The molecule has 1 aromatic rings. The first kappa shape index (κ1) is 23.1. The molecule has 0 spiro atoms. The van der Waals surface area contributed by atoms with Crippen LogP contribution in [-0.2, 0) is 22.7 Å². The predicted molar refractivity (Wildman–Crippen MR) is 124 cm³/mol. The summed E-state index contributed by atoms with van der Waals surface area (Å²) in [7, 11) is 0. The fraction of sp³-hybridized carbons (Fsp3) is 0.625. The normalized spacial score (nSPS) is 16.8. The summed E-state index contributed by atoms with van der Waals surface area (Å²) in [6, 6.07) is 8.27. The van der Waals surface area contributed by atoms with Gasteiger partial charge in [-0.05, 0) is 43.7 Å². The van der Waals surface area contributed by atoms with E-state index in [1.54, 1.807) is 0 Å². The number of aliphatic imine (C=N–C) groups is 1. The largest absolute Gasteiger partial charge is 0.357 e. The molecule has 2 aliphatic rings. The lowest BCUT2D eigenvalue weighted by atomic mass is 10.1. The summed E-state index contributed by atoms with van der Waals surface area (Å²) in [6.45, 7) is 7.36. The van der Waals surface area contributed by atoms with Gasteiger partial charge >= 0.3 is 0 Å². The van der Waals surface area contributed by atoms with E-state index in [0.717, 1.165) is 70.8 Å². The van der Waals surface area contributed by atoms with Crippen LogP contribution in [0.4, 0.5) is 0 Å². The molecule has 1 fully saturated rings. The number of nitrogens with zero attached hydrogens (tertiary/aromatic N) is 3. The molecule has 0 saturated carbocycles. The molecule has 2 N–H and O–H groups in total. The van der Waals surface area contributed by atoms with Crippen molar-refractivity contribution < 1.29 is 9.59 Å². The number of benzene rings is 1. The Morgan fingerprint density at radius 3 is 2.58 bits per heavy atom. The minimum absolute atomic E-state index is 0.210. The zero-order valence-electron chi connectivity index (χ0n) is 18.9. The van der Waals surface area contributed by atoms with Crippen molar-refractivity contribution in [3.63, 3.8) is 0 Å². The Morgan fingerprint density at radius 2 is 1.84 bits per heavy atom. The Kier molecular flexibility index (Phi) is 9.18. The van der Waals surface area contributed by atoms with E-state index in [2.05, 4.69) is 27.8 Å². The second-order valence-electron chi connectivity index (χ2n) is 8.35. The quantitative estimate of drug-likeness (QED) is 0.361. The number of fused-ring (bicyclic) bond motifs is 1. The topological polar surface area (TPSA) is 77.0 Å². The standard InChI is InChI=1S/C24H37N5O2/c1-2-25-24(27-15-9-17-28-16-7-3-4-12-22(28)30)26-14-8-13-23(31)29-18-20-10-5-6-11-21(20)19-29/h5-6,10-11H,2-4,7-9,12-19H2,1H3,(H2,25,26,27). The number of rotatable bonds is 9. The number of nitrogens with one attached hydrogen (secondary N) is 2. The average Bonchev–Trinajstić information content (AvgIpc) is 3.11. The number of hydrogen-bond donors (Lipinski definition) is 2. The van der Waals surface area contributed by atoms with Crippen LogP contribution in [0, 0.1) is 0 Å². The highest BCUT2D eigenvalue weighted by Gasteiger charge is 2.22. The lowest BCUT2D eigenvalue weighted by Crippen LogP contribution is -2.38. The van der Waals surface area contributed by atoms with E-state index in [-0.39, 0.29) is 11.8 Å². The maximum Gasteiger partial charge on any atom is 0.223 e. The number of guanidine groups is 1. The lowest BCUT2D eigenvalue weighted by molar-refractivity contribution is -0.132. The fourth-order valence-electron chi connectivity index (χ4n) is 4.18. The second kappa shape index (κ2) is 12.3. The van der Waals surface area contributed by atoms with Gasteiger partial charge < -0.3 is 20.4 Å². The SMILES string of the molecule is CCNC(=NCCCN1CCCCCC1=O)NCCCC(=O)N1Cc2ccccc2C1. The van der Waals surface area contributed by atoms with E-state index in [4.69, 9.17) is 0 Å². The molecule has 0 radical (unpaired) electrons. The van der Waals surface area contributed by atoms with Crippen LogP contribution in [0.15, 0.2) is 29.3 Å². The molecule has 2 amide bonds. The first-order chi connectivity index (χ1) is 15.2. The summed E-state index contributed by atoms with van der Waals surface area (Å²) < 4.78 is 0. The van der Waals surface area contributed by atoms with Gasteiger partial charge in [0, 0.05) is 58.7 Å². The van der Waals surface area contributed by atoms with Crippen molar-refractivity contribution in [2.45, 2.75) is 65.0 Å². The van der Waals surface area contributed by atoms with Gasteiger partial charge in [-0.25, -0.2) is 0 Å². The molecule has 31 heavy (non-hydrogen) atoms. The maximum absolute atomic E-state index is 12.5. The minimum Gasteiger partial charge on any atom is -0.357 e. The van der Waals surface area contributed by atoms with Gasteiger partial charge in [0.25, 0.3) is 0 Å². The molecule has 7 nitrogen and oxygen atoms in total. The molecule has 0 atom stereocenters. The van der Waals surface area contributed by atoms with Crippen LogP contribution >= 0.6 is 0 Å². The number of carbonyl (C=O) groups excluding carboxylic acids is 2. The monoisotopic (exact) mass is 427 g/mol. The molecule has 0 aliphatic carbocycles. The molecular weight excluding hydrogens is 390 g/mol. The van der Waals surface area contributed by atoms with Gasteiger partial charge in [0.1, 0.15) is 0 Å². The Morgan fingerprint density at radius 1 is 1.06 bits per heavy atom. The molecule has 1 aromatic carbocycles. The van der Waals surface area contributed by atoms with Crippen LogP contribution in [0.3, 0.4) is 0 Å². The van der Waals surface area contributed by atoms with E-state index < -0.39 is 0 Å². The highest BCUT2D eigenvalue weighted by Crippen LogP contribution is 2.22. The van der Waals surface area contributed by atoms with Crippen LogP contribution < -0.4 is 10.6 Å². The molecule has 0 aromatic heterocycles. The van der Waals surface area contributed by atoms with E-state index in [0.29, 0.717) is 25.9 Å². The third-order valence-electron chi connectivity index (χ3n) is 5.93. The molecule has 170 valence electrons. The number of hydrogen-bond acceptors (Lipinski definition) is 3. The van der Waals surface area contributed by atoms with Crippen LogP contribution in [0.2, 0.25) is 0 Å². The van der Waals surface area contributed by atoms with Crippen molar-refractivity contribution in [1.82, 2.24) is 20.4 Å². The van der Waals surface area contributed by atoms with E-state index >= 15 is 0 Å².